The van der Waals surface area contributed by atoms with Crippen molar-refractivity contribution in [3.63, 3.8) is 0 Å². The molecular weight excluding hydrogens is 290 g/mol. The third-order valence-corrected chi connectivity index (χ3v) is 3.12. The molecule has 0 aliphatic heterocycles. The Labute approximate surface area is 128 Å². The predicted molar refractivity (Wildman–Crippen MR) is 83.8 cm³/mol. The molecule has 1 atom stereocenters. The molecule has 1 aromatic carbocycles. The summed E-state index contributed by atoms with van der Waals surface area (Å²) in [6.07, 6.45) is 2.51. The molecule has 110 valence electrons. The van der Waals surface area contributed by atoms with E-state index in [0.717, 1.165) is 5.69 Å². The minimum Gasteiger partial charge on any atom is -0.390 e. The van der Waals surface area contributed by atoms with Gasteiger partial charge in [-0.2, -0.15) is 0 Å². The summed E-state index contributed by atoms with van der Waals surface area (Å²) in [5.41, 5.74) is 1.95. The smallest absolute Gasteiger partial charge is 0.257 e. The lowest BCUT2D eigenvalue weighted by Gasteiger charge is -2.11. The van der Waals surface area contributed by atoms with Crippen LogP contribution in [0.25, 0.3) is 0 Å². The molecule has 1 heterocycles. The number of carbonyl (C=O) groups is 1. The van der Waals surface area contributed by atoms with E-state index in [4.69, 9.17) is 11.6 Å². The van der Waals surface area contributed by atoms with Gasteiger partial charge in [0, 0.05) is 30.3 Å². The Morgan fingerprint density at radius 3 is 2.81 bits per heavy atom. The maximum atomic E-state index is 12.0. The van der Waals surface area contributed by atoms with Crippen molar-refractivity contribution >= 4 is 28.9 Å². The molecule has 0 spiro atoms. The van der Waals surface area contributed by atoms with Gasteiger partial charge in [0.05, 0.1) is 17.5 Å². The number of halogens is 1. The fourth-order valence-electron chi connectivity index (χ4n) is 1.70. The quantitative estimate of drug-likeness (QED) is 0.716. The largest absolute Gasteiger partial charge is 0.390 e. The molecule has 0 bridgehead atoms. The molecule has 0 fully saturated rings. The number of nitrogens with one attached hydrogen (secondary N) is 2. The van der Waals surface area contributed by atoms with Crippen molar-refractivity contribution in [1.82, 2.24) is 4.98 Å². The van der Waals surface area contributed by atoms with Gasteiger partial charge >= 0.3 is 0 Å². The van der Waals surface area contributed by atoms with Crippen molar-refractivity contribution in [1.29, 1.82) is 0 Å². The van der Waals surface area contributed by atoms with Crippen molar-refractivity contribution < 1.29 is 9.90 Å². The van der Waals surface area contributed by atoms with E-state index in [1.807, 2.05) is 12.1 Å². The van der Waals surface area contributed by atoms with Gasteiger partial charge in [0.25, 0.3) is 5.91 Å². The summed E-state index contributed by atoms with van der Waals surface area (Å²) < 4.78 is 0. The summed E-state index contributed by atoms with van der Waals surface area (Å²) >= 11 is 5.53. The molecule has 5 nitrogen and oxygen atoms in total. The van der Waals surface area contributed by atoms with Crippen LogP contribution in [0.5, 0.6) is 0 Å². The summed E-state index contributed by atoms with van der Waals surface area (Å²) in [5.74, 6) is -0.0502. The van der Waals surface area contributed by atoms with Crippen LogP contribution in [-0.2, 0) is 0 Å². The summed E-state index contributed by atoms with van der Waals surface area (Å²) in [4.78, 5) is 15.9. The van der Waals surface area contributed by atoms with Gasteiger partial charge in [-0.3, -0.25) is 9.78 Å². The third kappa shape index (κ3) is 4.73. The number of aliphatic hydroxyl groups is 1. The number of carbonyl (C=O) groups excluding carboxylic acids is 1. The number of rotatable bonds is 6. The maximum Gasteiger partial charge on any atom is 0.257 e. The van der Waals surface area contributed by atoms with Gasteiger partial charge in [-0.15, -0.1) is 11.6 Å². The Morgan fingerprint density at radius 2 is 2.10 bits per heavy atom. The molecule has 0 saturated heterocycles. The van der Waals surface area contributed by atoms with E-state index in [2.05, 4.69) is 15.6 Å². The molecule has 2 rings (SSSR count). The molecule has 6 heteroatoms. The first-order valence-corrected chi connectivity index (χ1v) is 7.02. The van der Waals surface area contributed by atoms with Crippen LogP contribution in [0.2, 0.25) is 0 Å². The standard InChI is InChI=1S/C15H16ClN3O2/c16-8-14(20)10-18-12-4-1-5-13(7-12)19-15(21)11-3-2-6-17-9-11/h1-7,9,14,18,20H,8,10H2,(H,19,21). The average Bonchev–Trinajstić information content (AvgIpc) is 2.53. The first-order valence-electron chi connectivity index (χ1n) is 6.48. The highest BCUT2D eigenvalue weighted by molar-refractivity contribution is 6.18. The van der Waals surface area contributed by atoms with Crippen LogP contribution < -0.4 is 10.6 Å². The molecule has 0 aliphatic carbocycles. The molecule has 1 aromatic heterocycles. The topological polar surface area (TPSA) is 74.2 Å². The first-order chi connectivity index (χ1) is 10.2. The molecule has 0 radical (unpaired) electrons. The molecular formula is C15H16ClN3O2. The van der Waals surface area contributed by atoms with Crippen LogP contribution in [-0.4, -0.2) is 34.5 Å². The first kappa shape index (κ1) is 15.3. The Bertz CT molecular complexity index is 592. The van der Waals surface area contributed by atoms with E-state index >= 15 is 0 Å². The highest BCUT2D eigenvalue weighted by atomic mass is 35.5. The number of anilines is 2. The van der Waals surface area contributed by atoms with Gasteiger partial charge in [-0.05, 0) is 30.3 Å². The number of aliphatic hydroxyl groups excluding tert-OH is 1. The molecule has 2 aromatic rings. The van der Waals surface area contributed by atoms with E-state index in [1.165, 1.54) is 6.20 Å². The SMILES string of the molecule is O=C(Nc1cccc(NCC(O)CCl)c1)c1cccnc1. The number of alkyl halides is 1. The zero-order valence-electron chi connectivity index (χ0n) is 11.3. The van der Waals surface area contributed by atoms with Crippen molar-refractivity contribution in [3.8, 4) is 0 Å². The van der Waals surface area contributed by atoms with Crippen LogP contribution >= 0.6 is 11.6 Å². The van der Waals surface area contributed by atoms with Crippen LogP contribution in [0.4, 0.5) is 11.4 Å². The Morgan fingerprint density at radius 1 is 1.29 bits per heavy atom. The maximum absolute atomic E-state index is 12.0. The van der Waals surface area contributed by atoms with Crippen molar-refractivity contribution in [3.05, 3.63) is 54.4 Å². The normalized spacial score (nSPS) is 11.7. The van der Waals surface area contributed by atoms with Crippen LogP contribution in [0, 0.1) is 0 Å². The molecule has 0 aliphatic rings. The average molecular weight is 306 g/mol. The Kier molecular flexibility index (Phi) is 5.54. The van der Waals surface area contributed by atoms with Crippen molar-refractivity contribution in [2.24, 2.45) is 0 Å². The van der Waals surface area contributed by atoms with E-state index < -0.39 is 6.10 Å². The highest BCUT2D eigenvalue weighted by Gasteiger charge is 2.06. The predicted octanol–water partition coefficient (Wildman–Crippen LogP) is 2.35. The summed E-state index contributed by atoms with van der Waals surface area (Å²) in [7, 11) is 0. The second kappa shape index (κ2) is 7.61. The van der Waals surface area contributed by atoms with Crippen molar-refractivity contribution in [2.45, 2.75) is 6.10 Å². The van der Waals surface area contributed by atoms with Crippen LogP contribution in [0.1, 0.15) is 10.4 Å². The van der Waals surface area contributed by atoms with Gasteiger partial charge in [-0.1, -0.05) is 6.07 Å². The van der Waals surface area contributed by atoms with E-state index in [-0.39, 0.29) is 11.8 Å². The number of aromatic nitrogens is 1. The van der Waals surface area contributed by atoms with E-state index in [9.17, 15) is 9.90 Å². The molecule has 21 heavy (non-hydrogen) atoms. The Balaban J connectivity index is 1.99. The fourth-order valence-corrected chi connectivity index (χ4v) is 1.81. The number of hydrogen-bond acceptors (Lipinski definition) is 4. The van der Waals surface area contributed by atoms with Gasteiger partial charge < -0.3 is 15.7 Å². The molecule has 1 amide bonds. The number of amides is 1. The van der Waals surface area contributed by atoms with Gasteiger partial charge in [0.2, 0.25) is 0 Å². The number of pyridine rings is 1. The number of nitrogens with zero attached hydrogens (tertiary/aromatic N) is 1. The fraction of sp³-hybridized carbons (Fsp3) is 0.200. The molecule has 3 N–H and O–H groups in total. The molecule has 1 unspecified atom stereocenters. The minimum absolute atomic E-state index is 0.171. The van der Waals surface area contributed by atoms with Gasteiger partial charge in [0.1, 0.15) is 0 Å². The lowest BCUT2D eigenvalue weighted by Crippen LogP contribution is -2.20. The van der Waals surface area contributed by atoms with E-state index in [1.54, 1.807) is 30.5 Å². The number of hydrogen-bond donors (Lipinski definition) is 3. The second-order valence-corrected chi connectivity index (χ2v) is 4.77. The van der Waals surface area contributed by atoms with Crippen molar-refractivity contribution in [2.75, 3.05) is 23.1 Å². The minimum atomic E-state index is -0.611. The van der Waals surface area contributed by atoms with Crippen LogP contribution in [0.3, 0.4) is 0 Å². The monoisotopic (exact) mass is 305 g/mol. The second-order valence-electron chi connectivity index (χ2n) is 4.47. The zero-order chi connectivity index (χ0) is 15.1. The Hall–Kier alpha value is -2.11. The molecule has 0 saturated carbocycles. The lowest BCUT2D eigenvalue weighted by atomic mass is 10.2. The van der Waals surface area contributed by atoms with Crippen LogP contribution in [0.15, 0.2) is 48.8 Å². The van der Waals surface area contributed by atoms with Gasteiger partial charge in [0.15, 0.2) is 0 Å². The zero-order valence-corrected chi connectivity index (χ0v) is 12.0. The lowest BCUT2D eigenvalue weighted by molar-refractivity contribution is 0.102. The van der Waals surface area contributed by atoms with E-state index in [0.29, 0.717) is 17.8 Å². The van der Waals surface area contributed by atoms with Gasteiger partial charge in [-0.25, -0.2) is 0 Å². The number of benzene rings is 1. The third-order valence-electron chi connectivity index (χ3n) is 2.76. The summed E-state index contributed by atoms with van der Waals surface area (Å²) in [5, 5.41) is 15.3. The summed E-state index contributed by atoms with van der Waals surface area (Å²) in [6, 6.07) is 10.6. The highest BCUT2D eigenvalue weighted by Crippen LogP contribution is 2.16. The summed E-state index contributed by atoms with van der Waals surface area (Å²) in [6.45, 7) is 0.351.